The summed E-state index contributed by atoms with van der Waals surface area (Å²) in [6, 6.07) is 12.6. The Morgan fingerprint density at radius 2 is 2.00 bits per heavy atom. The lowest BCUT2D eigenvalue weighted by Gasteiger charge is -2.42. The number of piperidine rings is 1. The molecule has 166 valence electrons. The molecule has 31 heavy (non-hydrogen) atoms. The van der Waals surface area contributed by atoms with Crippen molar-refractivity contribution in [1.82, 2.24) is 14.8 Å². The number of likely N-dealkylation sites (tertiary alicyclic amines) is 1. The maximum Gasteiger partial charge on any atom is 0.226 e. The van der Waals surface area contributed by atoms with Crippen molar-refractivity contribution in [1.29, 1.82) is 0 Å². The summed E-state index contributed by atoms with van der Waals surface area (Å²) in [5.74, 6) is 1.52. The Morgan fingerprint density at radius 1 is 1.16 bits per heavy atom. The van der Waals surface area contributed by atoms with Gasteiger partial charge in [0.05, 0.1) is 6.10 Å². The van der Waals surface area contributed by atoms with Crippen molar-refractivity contribution in [3.05, 3.63) is 59.9 Å². The number of para-hydroxylation sites is 1. The Morgan fingerprint density at radius 3 is 2.71 bits per heavy atom. The molecule has 0 spiro atoms. The van der Waals surface area contributed by atoms with Crippen LogP contribution in [0.5, 0.6) is 5.75 Å². The van der Waals surface area contributed by atoms with Crippen LogP contribution in [-0.2, 0) is 17.9 Å². The largest absolute Gasteiger partial charge is 0.491 e. The lowest BCUT2D eigenvalue weighted by molar-refractivity contribution is -0.142. The fourth-order valence-corrected chi connectivity index (χ4v) is 4.64. The molecular formula is C26H35N3O2. The average Bonchev–Trinajstić information content (AvgIpc) is 2.73. The Kier molecular flexibility index (Phi) is 7.23. The molecule has 1 unspecified atom stereocenters. The topological polar surface area (TPSA) is 45.7 Å². The quantitative estimate of drug-likeness (QED) is 0.622. The lowest BCUT2D eigenvalue weighted by atomic mass is 9.83. The van der Waals surface area contributed by atoms with Gasteiger partial charge in [0.2, 0.25) is 5.91 Å². The molecule has 4 rings (SSSR count). The standard InChI is InChI=1S/C26H35N3O2/c1-20(2)31-25-13-4-3-9-23(25)18-28-15-7-12-24(19-28)29(26(30)22-10-5-11-22)17-21-8-6-14-27-16-21/h3-4,6,8-9,13-14,16,20,22,24H,5,7,10-12,15,17-19H2,1-2H3. The SMILES string of the molecule is CC(C)Oc1ccccc1CN1CCCC(N(Cc2cccnc2)C(=O)C2CCC2)C1. The molecule has 1 aliphatic heterocycles. The van der Waals surface area contributed by atoms with E-state index in [4.69, 9.17) is 4.74 Å². The van der Waals surface area contributed by atoms with Gasteiger partial charge in [-0.15, -0.1) is 0 Å². The first kappa shape index (κ1) is 21.8. The van der Waals surface area contributed by atoms with E-state index < -0.39 is 0 Å². The molecule has 2 fully saturated rings. The van der Waals surface area contributed by atoms with Gasteiger partial charge in [-0.2, -0.15) is 0 Å². The van der Waals surface area contributed by atoms with Crippen LogP contribution in [0.3, 0.4) is 0 Å². The van der Waals surface area contributed by atoms with E-state index in [0.29, 0.717) is 12.5 Å². The molecule has 5 heteroatoms. The van der Waals surface area contributed by atoms with Crippen molar-refractivity contribution in [3.8, 4) is 5.75 Å². The number of benzene rings is 1. The zero-order valence-electron chi connectivity index (χ0n) is 18.9. The Labute approximate surface area is 186 Å². The molecule has 1 aliphatic carbocycles. The van der Waals surface area contributed by atoms with Crippen LogP contribution >= 0.6 is 0 Å². The number of rotatable bonds is 8. The normalized spacial score (nSPS) is 19.8. The van der Waals surface area contributed by atoms with Crippen molar-refractivity contribution in [2.45, 2.75) is 71.2 Å². The fourth-order valence-electron chi connectivity index (χ4n) is 4.64. The molecule has 1 atom stereocenters. The van der Waals surface area contributed by atoms with Crippen molar-refractivity contribution in [2.24, 2.45) is 5.92 Å². The van der Waals surface area contributed by atoms with E-state index >= 15 is 0 Å². The fraction of sp³-hybridized carbons (Fsp3) is 0.538. The van der Waals surface area contributed by atoms with E-state index in [1.165, 1.54) is 12.0 Å². The molecule has 1 amide bonds. The molecule has 0 N–H and O–H groups in total. The van der Waals surface area contributed by atoms with Gasteiger partial charge in [-0.05, 0) is 63.8 Å². The van der Waals surface area contributed by atoms with E-state index in [2.05, 4.69) is 52.9 Å². The maximum absolute atomic E-state index is 13.3. The Bertz CT molecular complexity index is 851. The second-order valence-electron chi connectivity index (χ2n) is 9.26. The van der Waals surface area contributed by atoms with E-state index in [-0.39, 0.29) is 18.1 Å². The number of carbonyl (C=O) groups excluding carboxylic acids is 1. The average molecular weight is 422 g/mol. The molecule has 2 aromatic rings. The van der Waals surface area contributed by atoms with Crippen LogP contribution < -0.4 is 4.74 Å². The van der Waals surface area contributed by atoms with Gasteiger partial charge in [-0.3, -0.25) is 14.7 Å². The molecule has 1 saturated carbocycles. The minimum Gasteiger partial charge on any atom is -0.491 e. The second kappa shape index (κ2) is 10.3. The van der Waals surface area contributed by atoms with Crippen molar-refractivity contribution < 1.29 is 9.53 Å². The first-order valence-electron chi connectivity index (χ1n) is 11.8. The van der Waals surface area contributed by atoms with Gasteiger partial charge < -0.3 is 9.64 Å². The second-order valence-corrected chi connectivity index (χ2v) is 9.26. The summed E-state index contributed by atoms with van der Waals surface area (Å²) in [5.41, 5.74) is 2.34. The molecule has 5 nitrogen and oxygen atoms in total. The number of amides is 1. The molecule has 1 saturated heterocycles. The zero-order valence-corrected chi connectivity index (χ0v) is 18.9. The monoisotopic (exact) mass is 421 g/mol. The van der Waals surface area contributed by atoms with Crippen LogP contribution in [-0.4, -0.2) is 45.9 Å². The molecule has 2 aliphatic rings. The molecule has 1 aromatic heterocycles. The smallest absolute Gasteiger partial charge is 0.226 e. The summed E-state index contributed by atoms with van der Waals surface area (Å²) in [5, 5.41) is 0. The van der Waals surface area contributed by atoms with Crippen LogP contribution in [0, 0.1) is 5.92 Å². The van der Waals surface area contributed by atoms with Gasteiger partial charge in [0.1, 0.15) is 5.75 Å². The van der Waals surface area contributed by atoms with Crippen LogP contribution in [0.15, 0.2) is 48.8 Å². The number of hydrogen-bond donors (Lipinski definition) is 0. The van der Waals surface area contributed by atoms with Gasteiger partial charge >= 0.3 is 0 Å². The highest BCUT2D eigenvalue weighted by atomic mass is 16.5. The first-order chi connectivity index (χ1) is 15.1. The molecule has 0 radical (unpaired) electrons. The highest BCUT2D eigenvalue weighted by molar-refractivity contribution is 5.80. The van der Waals surface area contributed by atoms with Crippen molar-refractivity contribution >= 4 is 5.91 Å². The summed E-state index contributed by atoms with van der Waals surface area (Å²) in [4.78, 5) is 22.2. The van der Waals surface area contributed by atoms with Gasteiger partial charge in [0.25, 0.3) is 0 Å². The van der Waals surface area contributed by atoms with Crippen LogP contribution in [0.25, 0.3) is 0 Å². The predicted octanol–water partition coefficient (Wildman–Crippen LogP) is 4.66. The van der Waals surface area contributed by atoms with E-state index in [9.17, 15) is 4.79 Å². The minimum atomic E-state index is 0.158. The van der Waals surface area contributed by atoms with Crippen LogP contribution in [0.4, 0.5) is 0 Å². The van der Waals surface area contributed by atoms with Crippen LogP contribution in [0.2, 0.25) is 0 Å². The minimum absolute atomic E-state index is 0.158. The Hall–Kier alpha value is -2.40. The number of pyridine rings is 1. The number of hydrogen-bond acceptors (Lipinski definition) is 4. The van der Waals surface area contributed by atoms with Crippen molar-refractivity contribution in [2.75, 3.05) is 13.1 Å². The molecule has 1 aromatic carbocycles. The van der Waals surface area contributed by atoms with Gasteiger partial charge in [-0.25, -0.2) is 0 Å². The molecule has 2 heterocycles. The third kappa shape index (κ3) is 5.65. The summed E-state index contributed by atoms with van der Waals surface area (Å²) in [7, 11) is 0. The zero-order chi connectivity index (χ0) is 21.6. The van der Waals surface area contributed by atoms with Crippen LogP contribution in [0.1, 0.15) is 57.1 Å². The predicted molar refractivity (Wildman–Crippen MR) is 123 cm³/mol. The summed E-state index contributed by atoms with van der Waals surface area (Å²) >= 11 is 0. The van der Waals surface area contributed by atoms with Crippen molar-refractivity contribution in [3.63, 3.8) is 0 Å². The maximum atomic E-state index is 13.3. The third-order valence-electron chi connectivity index (χ3n) is 6.46. The van der Waals surface area contributed by atoms with Gasteiger partial charge in [-0.1, -0.05) is 30.7 Å². The molecular weight excluding hydrogens is 386 g/mol. The number of aromatic nitrogens is 1. The highest BCUT2D eigenvalue weighted by Gasteiger charge is 2.35. The van der Waals surface area contributed by atoms with Gasteiger partial charge in [0, 0.05) is 49.6 Å². The summed E-state index contributed by atoms with van der Waals surface area (Å²) < 4.78 is 6.03. The lowest BCUT2D eigenvalue weighted by Crippen LogP contribution is -2.51. The summed E-state index contributed by atoms with van der Waals surface area (Å²) in [6.07, 6.45) is 9.28. The number of carbonyl (C=O) groups is 1. The third-order valence-corrected chi connectivity index (χ3v) is 6.46. The van der Waals surface area contributed by atoms with E-state index in [1.807, 2.05) is 18.3 Å². The number of nitrogens with zero attached hydrogens (tertiary/aromatic N) is 3. The van der Waals surface area contributed by atoms with E-state index in [0.717, 1.165) is 56.6 Å². The van der Waals surface area contributed by atoms with Gasteiger partial charge in [0.15, 0.2) is 0 Å². The Balaban J connectivity index is 1.47. The summed E-state index contributed by atoms with van der Waals surface area (Å²) in [6.45, 7) is 7.62. The highest BCUT2D eigenvalue weighted by Crippen LogP contribution is 2.31. The first-order valence-corrected chi connectivity index (χ1v) is 11.8. The molecule has 0 bridgehead atoms. The number of ether oxygens (including phenoxy) is 1. The van der Waals surface area contributed by atoms with E-state index in [1.54, 1.807) is 6.20 Å².